The maximum Gasteiger partial charge on any atom is 0.0950 e. The lowest BCUT2D eigenvalue weighted by molar-refractivity contribution is 0.332. The zero-order valence-corrected chi connectivity index (χ0v) is 11.1. The smallest absolute Gasteiger partial charge is 0.0950 e. The Morgan fingerprint density at radius 2 is 2.11 bits per heavy atom. The summed E-state index contributed by atoms with van der Waals surface area (Å²) in [6, 6.07) is 10.5. The van der Waals surface area contributed by atoms with E-state index in [2.05, 4.69) is 49.4 Å². The van der Waals surface area contributed by atoms with Gasteiger partial charge in [0.1, 0.15) is 0 Å². The molecule has 2 atom stereocenters. The summed E-state index contributed by atoms with van der Waals surface area (Å²) in [6.45, 7) is 2.36. The molecule has 0 bridgehead atoms. The van der Waals surface area contributed by atoms with Crippen molar-refractivity contribution in [3.63, 3.8) is 0 Å². The lowest BCUT2D eigenvalue weighted by atomic mass is 9.98. The number of epoxide rings is 1. The van der Waals surface area contributed by atoms with Crippen LogP contribution in [-0.4, -0.2) is 11.7 Å². The van der Waals surface area contributed by atoms with Crippen LogP contribution in [0.1, 0.15) is 44.6 Å². The Morgan fingerprint density at radius 3 is 2.78 bits per heavy atom. The molecule has 18 heavy (non-hydrogen) atoms. The lowest BCUT2D eigenvalue weighted by Gasteiger charge is -2.07. The first-order chi connectivity index (χ1) is 8.78. The van der Waals surface area contributed by atoms with E-state index in [1.54, 1.807) is 0 Å². The van der Waals surface area contributed by atoms with Gasteiger partial charge < -0.3 is 4.74 Å². The van der Waals surface area contributed by atoms with Crippen LogP contribution in [0.15, 0.2) is 36.4 Å². The quantitative estimate of drug-likeness (QED) is 0.672. The number of hydrogen-bond acceptors (Lipinski definition) is 1. The van der Waals surface area contributed by atoms with E-state index in [0.29, 0.717) is 11.7 Å². The second-order valence-electron chi connectivity index (χ2n) is 5.90. The van der Waals surface area contributed by atoms with Crippen LogP contribution in [-0.2, 0) is 4.74 Å². The third-order valence-electron chi connectivity index (χ3n) is 4.20. The first-order valence-electron chi connectivity index (χ1n) is 7.18. The predicted molar refractivity (Wildman–Crippen MR) is 75.3 cm³/mol. The predicted octanol–water partition coefficient (Wildman–Crippen LogP) is 4.44. The zero-order valence-electron chi connectivity index (χ0n) is 11.1. The molecular formula is C17H22O. The van der Waals surface area contributed by atoms with Crippen molar-refractivity contribution < 1.29 is 4.74 Å². The molecule has 1 aromatic rings. The molecule has 0 aromatic heterocycles. The average molecular weight is 242 g/mol. The molecule has 2 unspecified atom stereocenters. The normalized spacial score (nSPS) is 25.5. The number of hydrogen-bond donors (Lipinski definition) is 0. The molecule has 96 valence electrons. The van der Waals surface area contributed by atoms with Crippen LogP contribution in [0.2, 0.25) is 0 Å². The van der Waals surface area contributed by atoms with E-state index in [4.69, 9.17) is 4.74 Å². The Hall–Kier alpha value is -1.08. The topological polar surface area (TPSA) is 12.5 Å². The molecule has 3 rings (SSSR count). The first-order valence-corrected chi connectivity index (χ1v) is 7.18. The second kappa shape index (κ2) is 4.89. The van der Waals surface area contributed by atoms with E-state index >= 15 is 0 Å². The van der Waals surface area contributed by atoms with E-state index < -0.39 is 0 Å². The molecule has 2 aliphatic rings. The number of ether oxygens (including phenoxy) is 1. The van der Waals surface area contributed by atoms with Crippen LogP contribution in [0.3, 0.4) is 0 Å². The molecule has 1 saturated carbocycles. The van der Waals surface area contributed by atoms with Crippen molar-refractivity contribution in [2.45, 2.75) is 50.7 Å². The van der Waals surface area contributed by atoms with E-state index in [0.717, 1.165) is 5.92 Å². The highest BCUT2D eigenvalue weighted by molar-refractivity contribution is 5.48. The average Bonchev–Trinajstić information content (AvgIpc) is 3.28. The van der Waals surface area contributed by atoms with Crippen LogP contribution in [0, 0.1) is 5.92 Å². The minimum Gasteiger partial charge on any atom is -0.366 e. The molecule has 0 N–H and O–H groups in total. The van der Waals surface area contributed by atoms with Crippen LogP contribution in [0.25, 0.3) is 6.08 Å². The maximum absolute atomic E-state index is 5.74. The van der Waals surface area contributed by atoms with Gasteiger partial charge in [-0.2, -0.15) is 0 Å². The fourth-order valence-corrected chi connectivity index (χ4v) is 2.72. The Kier molecular flexibility index (Phi) is 3.25. The van der Waals surface area contributed by atoms with Crippen LogP contribution < -0.4 is 0 Å². The molecule has 1 aliphatic carbocycles. The lowest BCUT2D eigenvalue weighted by Crippen LogP contribution is -2.02. The van der Waals surface area contributed by atoms with Crippen LogP contribution >= 0.6 is 0 Å². The molecule has 1 spiro atoms. The van der Waals surface area contributed by atoms with Gasteiger partial charge in [-0.1, -0.05) is 49.4 Å². The van der Waals surface area contributed by atoms with E-state index in [1.165, 1.54) is 37.7 Å². The molecule has 1 saturated heterocycles. The van der Waals surface area contributed by atoms with Crippen LogP contribution in [0.5, 0.6) is 0 Å². The third-order valence-corrected chi connectivity index (χ3v) is 4.20. The summed E-state index contributed by atoms with van der Waals surface area (Å²) >= 11 is 0. The molecule has 0 radical (unpaired) electrons. The summed E-state index contributed by atoms with van der Waals surface area (Å²) in [6.07, 6.45) is 11.5. The Labute approximate surface area is 110 Å². The van der Waals surface area contributed by atoms with Gasteiger partial charge in [0, 0.05) is 0 Å². The van der Waals surface area contributed by atoms with Gasteiger partial charge in [-0.25, -0.2) is 0 Å². The summed E-state index contributed by atoms with van der Waals surface area (Å²) in [4.78, 5) is 0. The SMILES string of the molecule is CC(CC/C=C/c1ccccc1)CC1OC12CC2. The summed E-state index contributed by atoms with van der Waals surface area (Å²) in [5, 5.41) is 0. The van der Waals surface area contributed by atoms with Gasteiger partial charge in [0.15, 0.2) is 0 Å². The van der Waals surface area contributed by atoms with Gasteiger partial charge in [0.05, 0.1) is 11.7 Å². The summed E-state index contributed by atoms with van der Waals surface area (Å²) in [5.41, 5.74) is 1.70. The largest absolute Gasteiger partial charge is 0.366 e. The molecule has 0 amide bonds. The number of allylic oxidation sites excluding steroid dienone is 1. The highest BCUT2D eigenvalue weighted by Gasteiger charge is 2.65. The summed E-state index contributed by atoms with van der Waals surface area (Å²) in [5.74, 6) is 0.787. The summed E-state index contributed by atoms with van der Waals surface area (Å²) in [7, 11) is 0. The van der Waals surface area contributed by atoms with Gasteiger partial charge in [0.25, 0.3) is 0 Å². The van der Waals surface area contributed by atoms with Crippen molar-refractivity contribution in [2.75, 3.05) is 0 Å². The van der Waals surface area contributed by atoms with Gasteiger partial charge in [-0.05, 0) is 43.6 Å². The fraction of sp³-hybridized carbons (Fsp3) is 0.529. The third kappa shape index (κ3) is 2.84. The van der Waals surface area contributed by atoms with Crippen molar-refractivity contribution >= 4 is 6.08 Å². The zero-order chi connectivity index (χ0) is 12.4. The standard InChI is InChI=1S/C17H22O/c1-14(13-16-17(18-16)11-12-17)7-5-6-10-15-8-3-2-4-9-15/h2-4,6,8-10,14,16H,5,7,11-13H2,1H3/b10-6+. The Balaban J connectivity index is 1.35. The molecule has 1 heterocycles. The van der Waals surface area contributed by atoms with E-state index in [1.807, 2.05) is 0 Å². The molecule has 1 aromatic carbocycles. The first kappa shape index (κ1) is 12.0. The maximum atomic E-state index is 5.74. The van der Waals surface area contributed by atoms with Crippen molar-refractivity contribution in [3.8, 4) is 0 Å². The fourth-order valence-electron chi connectivity index (χ4n) is 2.72. The van der Waals surface area contributed by atoms with Crippen molar-refractivity contribution in [1.82, 2.24) is 0 Å². The Morgan fingerprint density at radius 1 is 1.33 bits per heavy atom. The highest BCUT2D eigenvalue weighted by Crippen LogP contribution is 2.59. The van der Waals surface area contributed by atoms with Crippen molar-refractivity contribution in [1.29, 1.82) is 0 Å². The molecule has 2 fully saturated rings. The molecule has 1 aliphatic heterocycles. The number of benzene rings is 1. The summed E-state index contributed by atoms with van der Waals surface area (Å²) < 4.78 is 5.74. The molecular weight excluding hydrogens is 220 g/mol. The van der Waals surface area contributed by atoms with Gasteiger partial charge >= 0.3 is 0 Å². The molecule has 1 heteroatoms. The van der Waals surface area contributed by atoms with Crippen molar-refractivity contribution in [3.05, 3.63) is 42.0 Å². The minimum absolute atomic E-state index is 0.397. The highest BCUT2D eigenvalue weighted by atomic mass is 16.6. The second-order valence-corrected chi connectivity index (χ2v) is 5.90. The van der Waals surface area contributed by atoms with Gasteiger partial charge in [-0.15, -0.1) is 0 Å². The van der Waals surface area contributed by atoms with Crippen LogP contribution in [0.4, 0.5) is 0 Å². The van der Waals surface area contributed by atoms with Gasteiger partial charge in [0.2, 0.25) is 0 Å². The Bertz CT molecular complexity index is 416. The van der Waals surface area contributed by atoms with Gasteiger partial charge in [-0.3, -0.25) is 0 Å². The molecule has 1 nitrogen and oxygen atoms in total. The number of rotatable bonds is 6. The monoisotopic (exact) mass is 242 g/mol. The van der Waals surface area contributed by atoms with E-state index in [9.17, 15) is 0 Å². The minimum atomic E-state index is 0.397. The van der Waals surface area contributed by atoms with E-state index in [-0.39, 0.29) is 0 Å². The van der Waals surface area contributed by atoms with Crippen molar-refractivity contribution in [2.24, 2.45) is 5.92 Å².